The third kappa shape index (κ3) is 2.69. The van der Waals surface area contributed by atoms with Gasteiger partial charge in [0.25, 0.3) is 5.91 Å². The van der Waals surface area contributed by atoms with Gasteiger partial charge in [-0.25, -0.2) is 5.01 Å². The topological polar surface area (TPSA) is 63.2 Å². The van der Waals surface area contributed by atoms with Crippen molar-refractivity contribution in [2.75, 3.05) is 12.4 Å². The van der Waals surface area contributed by atoms with E-state index < -0.39 is 5.72 Å². The van der Waals surface area contributed by atoms with Crippen molar-refractivity contribution < 1.29 is 14.3 Å². The lowest BCUT2D eigenvalue weighted by molar-refractivity contribution is -0.161. The van der Waals surface area contributed by atoms with Gasteiger partial charge in [0.05, 0.1) is 30.1 Å². The van der Waals surface area contributed by atoms with E-state index in [-0.39, 0.29) is 11.9 Å². The first kappa shape index (κ1) is 19.8. The van der Waals surface area contributed by atoms with E-state index >= 15 is 0 Å². The van der Waals surface area contributed by atoms with E-state index in [4.69, 9.17) is 14.6 Å². The van der Waals surface area contributed by atoms with E-state index in [9.17, 15) is 4.79 Å². The van der Waals surface area contributed by atoms with E-state index in [1.54, 1.807) is 7.11 Å². The summed E-state index contributed by atoms with van der Waals surface area (Å²) < 4.78 is 14.0. The summed E-state index contributed by atoms with van der Waals surface area (Å²) in [6.07, 6.45) is 0.642. The molecule has 3 aromatic carbocycles. The predicted octanol–water partition coefficient (Wildman–Crippen LogP) is 5.57. The Hall–Kier alpha value is -2.84. The second-order valence-corrected chi connectivity index (χ2v) is 9.72. The molecule has 6 nitrogen and oxygen atoms in total. The van der Waals surface area contributed by atoms with Crippen molar-refractivity contribution in [3.8, 4) is 11.5 Å². The van der Waals surface area contributed by atoms with E-state index in [1.165, 1.54) is 0 Å². The van der Waals surface area contributed by atoms with Gasteiger partial charge < -0.3 is 14.8 Å². The normalized spacial score (nSPS) is 22.6. The smallest absolute Gasteiger partial charge is 0.306 e. The molecule has 0 saturated heterocycles. The SMILES string of the molecule is COc1cccc2c1O[C@@]1(C(=O)Nc3ccc(Br)cc31)N1N=C(c3ccc(Br)cc3)C[C@@H]21. The lowest BCUT2D eigenvalue weighted by Crippen LogP contribution is -2.55. The van der Waals surface area contributed by atoms with Gasteiger partial charge in [0.2, 0.25) is 0 Å². The van der Waals surface area contributed by atoms with Crippen LogP contribution in [0, 0.1) is 0 Å². The zero-order chi connectivity index (χ0) is 22.0. The van der Waals surface area contributed by atoms with Crippen LogP contribution in [-0.4, -0.2) is 23.7 Å². The Morgan fingerprint density at radius 1 is 1.12 bits per heavy atom. The lowest BCUT2D eigenvalue weighted by Gasteiger charge is -2.44. The third-order valence-corrected chi connectivity index (χ3v) is 7.17. The van der Waals surface area contributed by atoms with Gasteiger partial charge in [0.15, 0.2) is 11.5 Å². The molecule has 1 spiro atoms. The minimum Gasteiger partial charge on any atom is -0.493 e. The molecule has 3 aliphatic rings. The van der Waals surface area contributed by atoms with Crippen LogP contribution in [0.2, 0.25) is 0 Å². The van der Waals surface area contributed by atoms with Gasteiger partial charge in [-0.15, -0.1) is 0 Å². The first-order chi connectivity index (χ1) is 15.5. The van der Waals surface area contributed by atoms with Crippen LogP contribution in [0.15, 0.2) is 74.7 Å². The number of carbonyl (C=O) groups excluding carboxylic acids is 1. The van der Waals surface area contributed by atoms with Crippen molar-refractivity contribution in [1.29, 1.82) is 0 Å². The average molecular weight is 555 g/mol. The minimum atomic E-state index is -1.43. The maximum absolute atomic E-state index is 13.5. The summed E-state index contributed by atoms with van der Waals surface area (Å²) in [6, 6.07) is 19.3. The molecule has 1 amide bonds. The summed E-state index contributed by atoms with van der Waals surface area (Å²) >= 11 is 7.04. The number of hydrogen-bond donors (Lipinski definition) is 1. The van der Waals surface area contributed by atoms with Gasteiger partial charge in [-0.3, -0.25) is 4.79 Å². The number of halogens is 2. The van der Waals surface area contributed by atoms with Crippen molar-refractivity contribution in [3.63, 3.8) is 0 Å². The van der Waals surface area contributed by atoms with E-state index in [0.717, 1.165) is 31.3 Å². The first-order valence-electron chi connectivity index (χ1n) is 10.1. The summed E-state index contributed by atoms with van der Waals surface area (Å²) in [6.45, 7) is 0. The number of hydrogen-bond acceptors (Lipinski definition) is 5. The molecule has 2 atom stereocenters. The van der Waals surface area contributed by atoms with E-state index in [0.29, 0.717) is 23.6 Å². The van der Waals surface area contributed by atoms with Crippen LogP contribution in [0.5, 0.6) is 11.5 Å². The quantitative estimate of drug-likeness (QED) is 0.450. The molecule has 6 rings (SSSR count). The summed E-state index contributed by atoms with van der Waals surface area (Å²) in [5.74, 6) is 0.898. The van der Waals surface area contributed by atoms with Crippen LogP contribution < -0.4 is 14.8 Å². The molecule has 0 radical (unpaired) electrons. The van der Waals surface area contributed by atoms with Crippen LogP contribution >= 0.6 is 31.9 Å². The molecule has 3 heterocycles. The number of nitrogens with one attached hydrogen (secondary N) is 1. The highest BCUT2D eigenvalue weighted by Gasteiger charge is 2.61. The summed E-state index contributed by atoms with van der Waals surface area (Å²) in [4.78, 5) is 13.5. The fourth-order valence-corrected chi connectivity index (χ4v) is 5.31. The van der Waals surface area contributed by atoms with Crippen molar-refractivity contribution in [2.45, 2.75) is 18.2 Å². The predicted molar refractivity (Wildman–Crippen MR) is 128 cm³/mol. The number of nitrogens with zero attached hydrogens (tertiary/aromatic N) is 2. The molecule has 3 aromatic rings. The van der Waals surface area contributed by atoms with Crippen molar-refractivity contribution in [3.05, 3.63) is 86.3 Å². The third-order valence-electron chi connectivity index (χ3n) is 6.15. The Morgan fingerprint density at radius 2 is 1.91 bits per heavy atom. The molecule has 0 aliphatic carbocycles. The number of benzene rings is 3. The van der Waals surface area contributed by atoms with Crippen LogP contribution in [0.25, 0.3) is 0 Å². The molecular weight excluding hydrogens is 538 g/mol. The van der Waals surface area contributed by atoms with Crippen LogP contribution in [0.1, 0.15) is 29.2 Å². The number of carbonyl (C=O) groups is 1. The number of anilines is 1. The summed E-state index contributed by atoms with van der Waals surface area (Å²) in [5, 5.41) is 9.78. The molecule has 0 bridgehead atoms. The molecule has 0 saturated carbocycles. The average Bonchev–Trinajstić information content (AvgIpc) is 3.35. The standard InChI is InChI=1S/C24H17Br2N3O3/c1-31-21-4-2-3-16-20-12-19(13-5-7-14(25)8-6-13)28-29(20)24(32-22(16)21)17-11-15(26)9-10-18(17)27-23(24)30/h2-11,20H,12H2,1H3,(H,27,30)/t20-,24-/m0/s1. The van der Waals surface area contributed by atoms with Gasteiger partial charge in [-0.1, -0.05) is 56.1 Å². The van der Waals surface area contributed by atoms with Gasteiger partial charge in [0, 0.05) is 20.9 Å². The number of rotatable bonds is 2. The number of hydrazone groups is 1. The summed E-state index contributed by atoms with van der Waals surface area (Å²) in [7, 11) is 1.61. The molecule has 160 valence electrons. The highest BCUT2D eigenvalue weighted by Crippen LogP contribution is 2.56. The Labute approximate surface area is 201 Å². The van der Waals surface area contributed by atoms with Crippen molar-refractivity contribution >= 4 is 49.2 Å². The van der Waals surface area contributed by atoms with E-state index in [2.05, 4.69) is 37.2 Å². The summed E-state index contributed by atoms with van der Waals surface area (Å²) in [5.41, 5.74) is 2.86. The molecule has 3 aliphatic heterocycles. The van der Waals surface area contributed by atoms with Gasteiger partial charge in [-0.05, 0) is 42.0 Å². The Kier molecular flexibility index (Phi) is 4.39. The second kappa shape index (κ2) is 7.08. The zero-order valence-electron chi connectivity index (χ0n) is 16.9. The van der Waals surface area contributed by atoms with Crippen molar-refractivity contribution in [1.82, 2.24) is 5.01 Å². The number of amides is 1. The number of fused-ring (bicyclic) bond motifs is 6. The largest absolute Gasteiger partial charge is 0.493 e. The van der Waals surface area contributed by atoms with Crippen molar-refractivity contribution in [2.24, 2.45) is 5.10 Å². The van der Waals surface area contributed by atoms with Crippen LogP contribution in [0.4, 0.5) is 5.69 Å². The molecule has 0 unspecified atom stereocenters. The molecule has 32 heavy (non-hydrogen) atoms. The van der Waals surface area contributed by atoms with Gasteiger partial charge in [0.1, 0.15) is 0 Å². The Balaban J connectivity index is 1.59. The fourth-order valence-electron chi connectivity index (χ4n) is 4.68. The monoisotopic (exact) mass is 553 g/mol. The van der Waals surface area contributed by atoms with Crippen LogP contribution in [0.3, 0.4) is 0 Å². The minimum absolute atomic E-state index is 0.178. The molecule has 0 fully saturated rings. The molecule has 0 aromatic heterocycles. The highest BCUT2D eigenvalue weighted by molar-refractivity contribution is 9.10. The fraction of sp³-hybridized carbons (Fsp3) is 0.167. The first-order valence-corrected chi connectivity index (χ1v) is 11.7. The maximum Gasteiger partial charge on any atom is 0.306 e. The highest BCUT2D eigenvalue weighted by atomic mass is 79.9. The number of methoxy groups -OCH3 is 1. The maximum atomic E-state index is 13.5. The van der Waals surface area contributed by atoms with Crippen LogP contribution in [-0.2, 0) is 10.5 Å². The second-order valence-electron chi connectivity index (χ2n) is 7.89. The Morgan fingerprint density at radius 3 is 2.69 bits per heavy atom. The van der Waals surface area contributed by atoms with Gasteiger partial charge in [-0.2, -0.15) is 5.10 Å². The lowest BCUT2D eigenvalue weighted by atomic mass is 9.92. The molecule has 8 heteroatoms. The number of para-hydroxylation sites is 1. The molecular formula is C24H17Br2N3O3. The zero-order valence-corrected chi connectivity index (χ0v) is 20.1. The molecule has 1 N–H and O–H groups in total. The van der Waals surface area contributed by atoms with Gasteiger partial charge >= 0.3 is 5.72 Å². The van der Waals surface area contributed by atoms with E-state index in [1.807, 2.05) is 65.7 Å². The number of ether oxygens (including phenoxy) is 2. The Bertz CT molecular complexity index is 1310.